The van der Waals surface area contributed by atoms with E-state index in [0.29, 0.717) is 5.56 Å². The predicted octanol–water partition coefficient (Wildman–Crippen LogP) is 1.88. The molecule has 1 atom stereocenters. The van der Waals surface area contributed by atoms with Gasteiger partial charge in [-0.1, -0.05) is 11.6 Å². The second-order valence-corrected chi connectivity index (χ2v) is 10.4. The van der Waals surface area contributed by atoms with Gasteiger partial charge in [-0.2, -0.15) is 5.26 Å². The summed E-state index contributed by atoms with van der Waals surface area (Å²) >= 11 is 6.16. The number of nitrogens with one attached hydrogen (secondary N) is 1. The number of pyridine rings is 1. The Labute approximate surface area is 160 Å². The summed E-state index contributed by atoms with van der Waals surface area (Å²) in [5.74, 6) is -1.07. The Morgan fingerprint density at radius 3 is 2.63 bits per heavy atom. The zero-order valence-electron chi connectivity index (χ0n) is 13.7. The molecule has 27 heavy (non-hydrogen) atoms. The number of rotatable bonds is 4. The minimum Gasteiger partial charge on any atom is -0.234 e. The lowest BCUT2D eigenvalue weighted by molar-refractivity contribution is 0.562. The summed E-state index contributed by atoms with van der Waals surface area (Å²) in [6.45, 7) is 0. The van der Waals surface area contributed by atoms with Crippen LogP contribution in [0.3, 0.4) is 0 Å². The third-order valence-electron chi connectivity index (χ3n) is 4.03. The van der Waals surface area contributed by atoms with Crippen LogP contribution < -0.4 is 4.72 Å². The van der Waals surface area contributed by atoms with Crippen LogP contribution in [-0.2, 0) is 19.9 Å². The van der Waals surface area contributed by atoms with Gasteiger partial charge >= 0.3 is 0 Å². The maximum Gasteiger partial charge on any atom is 0.240 e. The smallest absolute Gasteiger partial charge is 0.234 e. The normalized spacial score (nSPS) is 18.9. The number of aromatic nitrogens is 1. The first-order valence-electron chi connectivity index (χ1n) is 7.70. The summed E-state index contributed by atoms with van der Waals surface area (Å²) in [6, 6.07) is 7.21. The van der Waals surface area contributed by atoms with E-state index < -0.39 is 37.4 Å². The molecule has 0 spiro atoms. The van der Waals surface area contributed by atoms with Crippen LogP contribution in [0, 0.1) is 17.1 Å². The number of nitriles is 1. The van der Waals surface area contributed by atoms with Crippen LogP contribution in [0.1, 0.15) is 12.1 Å². The highest BCUT2D eigenvalue weighted by Gasteiger charge is 2.31. The van der Waals surface area contributed by atoms with Crippen molar-refractivity contribution in [1.29, 1.82) is 5.26 Å². The van der Waals surface area contributed by atoms with Gasteiger partial charge in [-0.05, 0) is 36.8 Å². The number of hydrogen-bond acceptors (Lipinski definition) is 6. The van der Waals surface area contributed by atoms with Crippen LogP contribution in [0.4, 0.5) is 4.39 Å². The third-order valence-corrected chi connectivity index (χ3v) is 7.63. The Kier molecular flexibility index (Phi) is 5.22. The van der Waals surface area contributed by atoms with Crippen molar-refractivity contribution in [3.8, 4) is 17.3 Å². The fraction of sp³-hybridized carbons (Fsp3) is 0.250. The quantitative estimate of drug-likeness (QED) is 0.792. The van der Waals surface area contributed by atoms with Gasteiger partial charge in [-0.25, -0.2) is 30.9 Å². The highest BCUT2D eigenvalue weighted by atomic mass is 35.5. The molecule has 2 aromatic rings. The molecule has 2 heterocycles. The molecule has 1 aliphatic rings. The maximum absolute atomic E-state index is 13.4. The van der Waals surface area contributed by atoms with Gasteiger partial charge in [0.05, 0.1) is 27.1 Å². The van der Waals surface area contributed by atoms with Crippen LogP contribution in [0.25, 0.3) is 11.3 Å². The molecule has 0 aliphatic carbocycles. The summed E-state index contributed by atoms with van der Waals surface area (Å²) in [7, 11) is -7.20. The molecule has 3 rings (SSSR count). The summed E-state index contributed by atoms with van der Waals surface area (Å²) in [5.41, 5.74) is 0.150. The van der Waals surface area contributed by atoms with Crippen molar-refractivity contribution in [2.24, 2.45) is 0 Å². The zero-order valence-corrected chi connectivity index (χ0v) is 16.1. The first-order chi connectivity index (χ1) is 12.6. The lowest BCUT2D eigenvalue weighted by Crippen LogP contribution is -2.35. The van der Waals surface area contributed by atoms with Crippen LogP contribution in [-0.4, -0.2) is 39.4 Å². The SMILES string of the molecule is N#Cc1nc(-c2ccc(S(=O)(=O)NC3CCS(=O)(=O)C3)cc2Cl)ccc1F. The van der Waals surface area contributed by atoms with Crippen LogP contribution >= 0.6 is 11.6 Å². The fourth-order valence-electron chi connectivity index (χ4n) is 2.72. The molecule has 1 unspecified atom stereocenters. The van der Waals surface area contributed by atoms with Crippen molar-refractivity contribution < 1.29 is 21.2 Å². The largest absolute Gasteiger partial charge is 0.240 e. The molecule has 0 radical (unpaired) electrons. The number of halogens is 2. The standard InChI is InChI=1S/C16H13ClFN3O4S2/c17-13-7-11(27(24,25)21-10-5-6-26(22,23)9-10)1-2-12(13)15-4-3-14(18)16(8-19)20-15/h1-4,7,10,21H,5-6,9H2. The van der Waals surface area contributed by atoms with Crippen molar-refractivity contribution in [3.05, 3.63) is 46.9 Å². The second kappa shape index (κ2) is 7.16. The van der Waals surface area contributed by atoms with E-state index in [4.69, 9.17) is 16.9 Å². The Hall–Kier alpha value is -2.06. The van der Waals surface area contributed by atoms with Crippen molar-refractivity contribution in [2.75, 3.05) is 11.5 Å². The van der Waals surface area contributed by atoms with Gasteiger partial charge in [0.25, 0.3) is 0 Å². The van der Waals surface area contributed by atoms with Gasteiger partial charge in [0.15, 0.2) is 21.3 Å². The van der Waals surface area contributed by atoms with Crippen LogP contribution in [0.5, 0.6) is 0 Å². The third kappa shape index (κ3) is 4.27. The molecule has 1 saturated heterocycles. The molecule has 1 aliphatic heterocycles. The highest BCUT2D eigenvalue weighted by Crippen LogP contribution is 2.29. The van der Waals surface area contributed by atoms with E-state index >= 15 is 0 Å². The molecule has 0 saturated carbocycles. The van der Waals surface area contributed by atoms with Crippen LogP contribution in [0.15, 0.2) is 35.2 Å². The molecule has 1 fully saturated rings. The maximum atomic E-state index is 13.4. The molecular weight excluding hydrogens is 417 g/mol. The van der Waals surface area contributed by atoms with Crippen molar-refractivity contribution >= 4 is 31.5 Å². The van der Waals surface area contributed by atoms with E-state index in [1.165, 1.54) is 24.3 Å². The van der Waals surface area contributed by atoms with E-state index in [-0.39, 0.29) is 33.5 Å². The number of hydrogen-bond donors (Lipinski definition) is 1. The van der Waals surface area contributed by atoms with Crippen molar-refractivity contribution in [1.82, 2.24) is 9.71 Å². The molecule has 7 nitrogen and oxygen atoms in total. The van der Waals surface area contributed by atoms with E-state index in [2.05, 4.69) is 9.71 Å². The Balaban J connectivity index is 1.89. The fourth-order valence-corrected chi connectivity index (χ4v) is 6.13. The molecule has 0 bridgehead atoms. The molecule has 142 valence electrons. The van der Waals surface area contributed by atoms with E-state index in [0.717, 1.165) is 6.07 Å². The van der Waals surface area contributed by atoms with Gasteiger partial charge in [0.2, 0.25) is 10.0 Å². The summed E-state index contributed by atoms with van der Waals surface area (Å²) in [4.78, 5) is 3.72. The predicted molar refractivity (Wildman–Crippen MR) is 96.7 cm³/mol. The van der Waals surface area contributed by atoms with E-state index in [1.54, 1.807) is 6.07 Å². The summed E-state index contributed by atoms with van der Waals surface area (Å²) in [5, 5.41) is 8.91. The number of sulfone groups is 1. The average molecular weight is 430 g/mol. The van der Waals surface area contributed by atoms with Gasteiger partial charge in [-0.3, -0.25) is 0 Å². The summed E-state index contributed by atoms with van der Waals surface area (Å²) < 4.78 is 63.7. The van der Waals surface area contributed by atoms with E-state index in [9.17, 15) is 21.2 Å². The van der Waals surface area contributed by atoms with Gasteiger partial charge < -0.3 is 0 Å². The Morgan fingerprint density at radius 2 is 2.04 bits per heavy atom. The van der Waals surface area contributed by atoms with Gasteiger partial charge in [0.1, 0.15) is 6.07 Å². The molecule has 1 aromatic carbocycles. The van der Waals surface area contributed by atoms with Gasteiger partial charge in [0, 0.05) is 11.6 Å². The number of benzene rings is 1. The average Bonchev–Trinajstić information content (AvgIpc) is 2.93. The lowest BCUT2D eigenvalue weighted by Gasteiger charge is -2.13. The number of nitrogens with zero attached hydrogens (tertiary/aromatic N) is 2. The highest BCUT2D eigenvalue weighted by molar-refractivity contribution is 7.92. The van der Waals surface area contributed by atoms with E-state index in [1.807, 2.05) is 0 Å². The first kappa shape index (κ1) is 19.7. The minimum atomic E-state index is -3.97. The van der Waals surface area contributed by atoms with Crippen LogP contribution in [0.2, 0.25) is 5.02 Å². The molecule has 1 N–H and O–H groups in total. The first-order valence-corrected chi connectivity index (χ1v) is 11.4. The summed E-state index contributed by atoms with van der Waals surface area (Å²) in [6.07, 6.45) is 0.212. The second-order valence-electron chi connectivity index (χ2n) is 6.00. The van der Waals surface area contributed by atoms with Gasteiger partial charge in [-0.15, -0.1) is 0 Å². The molecule has 11 heteroatoms. The molecule has 0 amide bonds. The zero-order chi connectivity index (χ0) is 19.8. The topological polar surface area (TPSA) is 117 Å². The monoisotopic (exact) mass is 429 g/mol. The molecule has 1 aromatic heterocycles. The number of sulfonamides is 1. The lowest BCUT2D eigenvalue weighted by atomic mass is 10.1. The Morgan fingerprint density at radius 1 is 1.30 bits per heavy atom. The van der Waals surface area contributed by atoms with Crippen molar-refractivity contribution in [2.45, 2.75) is 17.4 Å². The minimum absolute atomic E-state index is 0.0416. The molecular formula is C16H13ClFN3O4S2. The van der Waals surface area contributed by atoms with Crippen molar-refractivity contribution in [3.63, 3.8) is 0 Å². The Bertz CT molecular complexity index is 1160.